The molecule has 0 unspecified atom stereocenters. The van der Waals surface area contributed by atoms with Gasteiger partial charge in [-0.1, -0.05) is 13.8 Å². The van der Waals surface area contributed by atoms with E-state index in [9.17, 15) is 0 Å². The molecule has 0 spiro atoms. The highest BCUT2D eigenvalue weighted by Crippen LogP contribution is 2.29. The van der Waals surface area contributed by atoms with Crippen molar-refractivity contribution in [2.75, 3.05) is 19.6 Å². The summed E-state index contributed by atoms with van der Waals surface area (Å²) in [6.45, 7) is 8.45. The van der Waals surface area contributed by atoms with Crippen molar-refractivity contribution in [3.05, 3.63) is 0 Å². The third-order valence-electron chi connectivity index (χ3n) is 4.28. The van der Waals surface area contributed by atoms with Crippen molar-refractivity contribution in [1.82, 2.24) is 10.6 Å². The van der Waals surface area contributed by atoms with Crippen LogP contribution in [0.5, 0.6) is 0 Å². The Morgan fingerprint density at radius 2 is 1.80 bits per heavy atom. The molecule has 0 amide bonds. The van der Waals surface area contributed by atoms with Crippen LogP contribution >= 0.6 is 0 Å². The van der Waals surface area contributed by atoms with Gasteiger partial charge in [-0.25, -0.2) is 0 Å². The van der Waals surface area contributed by atoms with E-state index in [1.165, 1.54) is 45.3 Å². The molecule has 2 N–H and O–H groups in total. The molecular formula is C13H26N2. The van der Waals surface area contributed by atoms with E-state index in [1.807, 2.05) is 0 Å². The van der Waals surface area contributed by atoms with Gasteiger partial charge in [0.1, 0.15) is 0 Å². The lowest BCUT2D eigenvalue weighted by Gasteiger charge is -2.34. The summed E-state index contributed by atoms with van der Waals surface area (Å²) in [7, 11) is 0. The zero-order chi connectivity index (χ0) is 10.7. The van der Waals surface area contributed by atoms with Gasteiger partial charge in [-0.2, -0.15) is 0 Å². The number of hydrogen-bond acceptors (Lipinski definition) is 2. The molecule has 1 saturated carbocycles. The largest absolute Gasteiger partial charge is 0.316 e. The fourth-order valence-corrected chi connectivity index (χ4v) is 2.82. The second kappa shape index (κ2) is 5.31. The van der Waals surface area contributed by atoms with Crippen molar-refractivity contribution in [1.29, 1.82) is 0 Å². The molecule has 0 atom stereocenters. The molecule has 2 heteroatoms. The maximum atomic E-state index is 3.74. The highest BCUT2D eigenvalue weighted by Gasteiger charge is 2.24. The fraction of sp³-hybridized carbons (Fsp3) is 1.00. The van der Waals surface area contributed by atoms with Crippen LogP contribution in [0.2, 0.25) is 0 Å². The molecule has 2 rings (SSSR count). The smallest absolute Gasteiger partial charge is 0.00674 e. The summed E-state index contributed by atoms with van der Waals surface area (Å²) < 4.78 is 0. The lowest BCUT2D eigenvalue weighted by atomic mass is 9.79. The van der Waals surface area contributed by atoms with Gasteiger partial charge in [-0.3, -0.25) is 0 Å². The Balaban J connectivity index is 1.60. The van der Waals surface area contributed by atoms with Gasteiger partial charge in [0, 0.05) is 25.7 Å². The first-order valence-electron chi connectivity index (χ1n) is 6.70. The molecule has 15 heavy (non-hydrogen) atoms. The molecule has 0 aromatic carbocycles. The van der Waals surface area contributed by atoms with E-state index in [2.05, 4.69) is 24.5 Å². The van der Waals surface area contributed by atoms with Gasteiger partial charge in [0.25, 0.3) is 0 Å². The fourth-order valence-electron chi connectivity index (χ4n) is 2.82. The third kappa shape index (κ3) is 3.18. The van der Waals surface area contributed by atoms with Crippen molar-refractivity contribution in [2.24, 2.45) is 17.8 Å². The minimum absolute atomic E-state index is 0.820. The first-order valence-corrected chi connectivity index (χ1v) is 6.70. The minimum Gasteiger partial charge on any atom is -0.316 e. The second-order valence-electron chi connectivity index (χ2n) is 5.79. The van der Waals surface area contributed by atoms with Gasteiger partial charge in [0.05, 0.1) is 0 Å². The molecule has 0 radical (unpaired) electrons. The SMILES string of the molecule is CC(C)[C@H]1CC[C@H](NCC2CNC2)CC1. The Labute approximate surface area is 94.2 Å². The molecule has 2 fully saturated rings. The summed E-state index contributed by atoms with van der Waals surface area (Å²) in [6.07, 6.45) is 5.70. The predicted molar refractivity (Wildman–Crippen MR) is 64.9 cm³/mol. The lowest BCUT2D eigenvalue weighted by Crippen LogP contribution is -2.49. The van der Waals surface area contributed by atoms with Crippen molar-refractivity contribution >= 4 is 0 Å². The first kappa shape index (κ1) is 11.4. The average molecular weight is 210 g/mol. The van der Waals surface area contributed by atoms with Crippen molar-refractivity contribution in [3.63, 3.8) is 0 Å². The minimum atomic E-state index is 0.820. The Morgan fingerprint density at radius 3 is 2.27 bits per heavy atom. The van der Waals surface area contributed by atoms with Crippen molar-refractivity contribution in [3.8, 4) is 0 Å². The standard InChI is InChI=1S/C13H26N2/c1-10(2)12-3-5-13(6-4-12)15-9-11-7-14-8-11/h10-15H,3-9H2,1-2H3/t12-,13-. The van der Waals surface area contributed by atoms with Crippen LogP contribution in [-0.2, 0) is 0 Å². The van der Waals surface area contributed by atoms with Gasteiger partial charge in [0.2, 0.25) is 0 Å². The zero-order valence-corrected chi connectivity index (χ0v) is 10.3. The quantitative estimate of drug-likeness (QED) is 0.742. The summed E-state index contributed by atoms with van der Waals surface area (Å²) >= 11 is 0. The Kier molecular flexibility index (Phi) is 4.04. The number of hydrogen-bond donors (Lipinski definition) is 2. The predicted octanol–water partition coefficient (Wildman–Crippen LogP) is 2.01. The van der Waals surface area contributed by atoms with E-state index in [1.54, 1.807) is 0 Å². The monoisotopic (exact) mass is 210 g/mol. The molecule has 88 valence electrons. The van der Waals surface area contributed by atoms with Crippen LogP contribution in [0.4, 0.5) is 0 Å². The van der Waals surface area contributed by atoms with Crippen LogP contribution in [0, 0.1) is 17.8 Å². The molecule has 0 aromatic heterocycles. The molecule has 2 aliphatic rings. The van der Waals surface area contributed by atoms with Crippen LogP contribution in [0.15, 0.2) is 0 Å². The molecular weight excluding hydrogens is 184 g/mol. The van der Waals surface area contributed by atoms with Crippen LogP contribution in [0.3, 0.4) is 0 Å². The molecule has 0 aromatic rings. The van der Waals surface area contributed by atoms with Crippen LogP contribution in [0.25, 0.3) is 0 Å². The summed E-state index contributed by atoms with van der Waals surface area (Å²) in [5.41, 5.74) is 0. The van der Waals surface area contributed by atoms with Crippen LogP contribution in [-0.4, -0.2) is 25.7 Å². The topological polar surface area (TPSA) is 24.1 Å². The molecule has 1 heterocycles. The van der Waals surface area contributed by atoms with Gasteiger partial charge < -0.3 is 10.6 Å². The van der Waals surface area contributed by atoms with E-state index in [4.69, 9.17) is 0 Å². The highest BCUT2D eigenvalue weighted by molar-refractivity contribution is 4.82. The Morgan fingerprint density at radius 1 is 1.13 bits per heavy atom. The first-order chi connectivity index (χ1) is 7.25. The molecule has 2 nitrogen and oxygen atoms in total. The third-order valence-corrected chi connectivity index (χ3v) is 4.28. The summed E-state index contributed by atoms with van der Waals surface area (Å²) in [4.78, 5) is 0. The van der Waals surface area contributed by atoms with E-state index in [0.717, 1.165) is 23.8 Å². The van der Waals surface area contributed by atoms with Gasteiger partial charge in [-0.05, 0) is 43.4 Å². The Hall–Kier alpha value is -0.0800. The maximum absolute atomic E-state index is 3.74. The summed E-state index contributed by atoms with van der Waals surface area (Å²) in [6, 6.07) is 0.820. The van der Waals surface area contributed by atoms with E-state index in [0.29, 0.717) is 0 Å². The summed E-state index contributed by atoms with van der Waals surface area (Å²) in [5, 5.41) is 7.07. The van der Waals surface area contributed by atoms with Crippen molar-refractivity contribution in [2.45, 2.75) is 45.6 Å². The van der Waals surface area contributed by atoms with Crippen LogP contribution in [0.1, 0.15) is 39.5 Å². The maximum Gasteiger partial charge on any atom is 0.00674 e. The number of nitrogens with one attached hydrogen (secondary N) is 2. The average Bonchev–Trinajstić information content (AvgIpc) is 2.16. The van der Waals surface area contributed by atoms with E-state index >= 15 is 0 Å². The van der Waals surface area contributed by atoms with Crippen LogP contribution < -0.4 is 10.6 Å². The zero-order valence-electron chi connectivity index (χ0n) is 10.3. The lowest BCUT2D eigenvalue weighted by molar-refractivity contribution is 0.225. The van der Waals surface area contributed by atoms with E-state index < -0.39 is 0 Å². The normalized spacial score (nSPS) is 33.0. The van der Waals surface area contributed by atoms with Gasteiger partial charge in [-0.15, -0.1) is 0 Å². The molecule has 1 aliphatic carbocycles. The molecule has 0 bridgehead atoms. The number of rotatable bonds is 4. The van der Waals surface area contributed by atoms with Gasteiger partial charge >= 0.3 is 0 Å². The van der Waals surface area contributed by atoms with Gasteiger partial charge in [0.15, 0.2) is 0 Å². The van der Waals surface area contributed by atoms with Crippen molar-refractivity contribution < 1.29 is 0 Å². The molecule has 1 saturated heterocycles. The molecule has 1 aliphatic heterocycles. The van der Waals surface area contributed by atoms with E-state index in [-0.39, 0.29) is 0 Å². The second-order valence-corrected chi connectivity index (χ2v) is 5.79. The summed E-state index contributed by atoms with van der Waals surface area (Å²) in [5.74, 6) is 2.79. The Bertz CT molecular complexity index is 179. The highest BCUT2D eigenvalue weighted by atomic mass is 15.0.